The average Bonchev–Trinajstić information content (AvgIpc) is 2.94. The Balaban J connectivity index is 1.96. The molecule has 1 aromatic rings. The van der Waals surface area contributed by atoms with E-state index in [1.165, 1.54) is 11.3 Å². The van der Waals surface area contributed by atoms with Crippen LogP contribution >= 0.6 is 0 Å². The second kappa shape index (κ2) is 9.92. The molecule has 1 saturated carbocycles. The molecule has 0 atom stereocenters. The fourth-order valence-electron chi connectivity index (χ4n) is 4.32. The molecule has 6 heteroatoms. The van der Waals surface area contributed by atoms with Gasteiger partial charge in [0.2, 0.25) is 0 Å². The maximum Gasteiger partial charge on any atom is 0.278 e. The molecule has 0 spiro atoms. The molecule has 2 aliphatic rings. The SMILES string of the molecule is CCOc1ccc(C2=C(N(C)CCO)C(=O)N(C3CCCCCCC3)C2=O)cc1. The van der Waals surface area contributed by atoms with Crippen LogP contribution < -0.4 is 4.74 Å². The lowest BCUT2D eigenvalue weighted by Gasteiger charge is -2.29. The quantitative estimate of drug-likeness (QED) is 0.712. The van der Waals surface area contributed by atoms with Crippen molar-refractivity contribution in [2.45, 2.75) is 57.9 Å². The van der Waals surface area contributed by atoms with Crippen LogP contribution in [0.1, 0.15) is 57.4 Å². The lowest BCUT2D eigenvalue weighted by molar-refractivity contribution is -0.140. The number of carbonyl (C=O) groups is 2. The van der Waals surface area contributed by atoms with Crippen molar-refractivity contribution in [3.8, 4) is 5.75 Å². The Labute approximate surface area is 173 Å². The van der Waals surface area contributed by atoms with Gasteiger partial charge in [0.05, 0.1) is 18.8 Å². The Kier molecular flexibility index (Phi) is 7.31. The van der Waals surface area contributed by atoms with Gasteiger partial charge in [-0.1, -0.05) is 44.2 Å². The first-order valence-electron chi connectivity index (χ1n) is 10.8. The molecule has 0 unspecified atom stereocenters. The predicted octanol–water partition coefficient (Wildman–Crippen LogP) is 3.20. The predicted molar refractivity (Wildman–Crippen MR) is 112 cm³/mol. The van der Waals surface area contributed by atoms with E-state index < -0.39 is 0 Å². The third kappa shape index (κ3) is 4.64. The van der Waals surface area contributed by atoms with E-state index in [1.807, 2.05) is 31.2 Å². The number of rotatable bonds is 7. The number of imide groups is 1. The third-order valence-electron chi connectivity index (χ3n) is 5.80. The first-order chi connectivity index (χ1) is 14.1. The van der Waals surface area contributed by atoms with E-state index in [4.69, 9.17) is 4.74 Å². The monoisotopic (exact) mass is 400 g/mol. The molecule has 0 saturated heterocycles. The van der Waals surface area contributed by atoms with Crippen LogP contribution in [0.25, 0.3) is 5.57 Å². The Bertz CT molecular complexity index is 749. The van der Waals surface area contributed by atoms with Crippen LogP contribution in [-0.4, -0.2) is 59.6 Å². The van der Waals surface area contributed by atoms with E-state index in [-0.39, 0.29) is 24.5 Å². The first-order valence-corrected chi connectivity index (χ1v) is 10.8. The van der Waals surface area contributed by atoms with Crippen molar-refractivity contribution in [3.05, 3.63) is 35.5 Å². The Morgan fingerprint density at radius 2 is 1.66 bits per heavy atom. The number of hydrogen-bond acceptors (Lipinski definition) is 5. The van der Waals surface area contributed by atoms with E-state index in [1.54, 1.807) is 11.9 Å². The van der Waals surface area contributed by atoms with E-state index in [0.29, 0.717) is 30.0 Å². The molecule has 1 aliphatic carbocycles. The number of aliphatic hydroxyl groups excluding tert-OH is 1. The Morgan fingerprint density at radius 1 is 1.03 bits per heavy atom. The highest BCUT2D eigenvalue weighted by molar-refractivity contribution is 6.35. The minimum absolute atomic E-state index is 0.0481. The summed E-state index contributed by atoms with van der Waals surface area (Å²) in [6.45, 7) is 2.71. The summed E-state index contributed by atoms with van der Waals surface area (Å²) >= 11 is 0. The molecule has 1 fully saturated rings. The maximum atomic E-state index is 13.5. The number of aliphatic hydroxyl groups is 1. The van der Waals surface area contributed by atoms with Gasteiger partial charge in [-0.25, -0.2) is 0 Å². The van der Waals surface area contributed by atoms with E-state index in [2.05, 4.69) is 0 Å². The number of ether oxygens (including phenoxy) is 1. The Hall–Kier alpha value is -2.34. The van der Waals surface area contributed by atoms with Crippen LogP contribution in [0.15, 0.2) is 30.0 Å². The lowest BCUT2D eigenvalue weighted by atomic mass is 9.95. The summed E-state index contributed by atoms with van der Waals surface area (Å²) in [5.74, 6) is 0.278. The van der Waals surface area contributed by atoms with Crippen LogP contribution in [0.4, 0.5) is 0 Å². The summed E-state index contributed by atoms with van der Waals surface area (Å²) in [6.07, 6.45) is 7.36. The largest absolute Gasteiger partial charge is 0.494 e. The number of nitrogens with zero attached hydrogens (tertiary/aromatic N) is 2. The van der Waals surface area contributed by atoms with E-state index >= 15 is 0 Å². The summed E-state index contributed by atoms with van der Waals surface area (Å²) in [7, 11) is 1.76. The van der Waals surface area contributed by atoms with Gasteiger partial charge < -0.3 is 14.7 Å². The standard InChI is InChI=1S/C23H32N2O4/c1-3-29-19-13-11-17(12-14-19)20-21(24(2)15-16-26)23(28)25(22(20)27)18-9-7-5-4-6-8-10-18/h11-14,18,26H,3-10,15-16H2,1-2H3. The molecule has 158 valence electrons. The molecule has 2 amide bonds. The zero-order valence-electron chi connectivity index (χ0n) is 17.5. The molecule has 0 aromatic heterocycles. The molecular formula is C23H32N2O4. The van der Waals surface area contributed by atoms with Crippen molar-refractivity contribution in [1.82, 2.24) is 9.80 Å². The summed E-state index contributed by atoms with van der Waals surface area (Å²) < 4.78 is 5.50. The third-order valence-corrected chi connectivity index (χ3v) is 5.80. The van der Waals surface area contributed by atoms with E-state index in [9.17, 15) is 14.7 Å². The van der Waals surface area contributed by atoms with Gasteiger partial charge in [0.15, 0.2) is 0 Å². The first kappa shape index (κ1) is 21.4. The van der Waals surface area contributed by atoms with Gasteiger partial charge in [-0.15, -0.1) is 0 Å². The second-order valence-corrected chi connectivity index (χ2v) is 7.81. The van der Waals surface area contributed by atoms with Crippen LogP contribution in [0.2, 0.25) is 0 Å². The lowest BCUT2D eigenvalue weighted by Crippen LogP contribution is -2.42. The van der Waals surface area contributed by atoms with Gasteiger partial charge in [-0.2, -0.15) is 0 Å². The average molecular weight is 401 g/mol. The van der Waals surface area contributed by atoms with Crippen molar-refractivity contribution >= 4 is 17.4 Å². The Morgan fingerprint density at radius 3 is 2.24 bits per heavy atom. The summed E-state index contributed by atoms with van der Waals surface area (Å²) in [6, 6.07) is 7.27. The highest BCUT2D eigenvalue weighted by atomic mass is 16.5. The van der Waals surface area contributed by atoms with Crippen LogP contribution in [0, 0.1) is 0 Å². The number of hydrogen-bond donors (Lipinski definition) is 1. The highest BCUT2D eigenvalue weighted by Gasteiger charge is 2.43. The van der Waals surface area contributed by atoms with Crippen molar-refractivity contribution in [2.75, 3.05) is 26.8 Å². The summed E-state index contributed by atoms with van der Waals surface area (Å²) in [5.41, 5.74) is 1.52. The van der Waals surface area contributed by atoms with E-state index in [0.717, 1.165) is 44.3 Å². The molecule has 1 heterocycles. The molecule has 3 rings (SSSR count). The zero-order valence-corrected chi connectivity index (χ0v) is 17.5. The number of amides is 2. The van der Waals surface area contributed by atoms with Crippen molar-refractivity contribution in [1.29, 1.82) is 0 Å². The van der Waals surface area contributed by atoms with Crippen LogP contribution in [0.3, 0.4) is 0 Å². The second-order valence-electron chi connectivity index (χ2n) is 7.81. The van der Waals surface area contributed by atoms with Crippen molar-refractivity contribution in [3.63, 3.8) is 0 Å². The highest BCUT2D eigenvalue weighted by Crippen LogP contribution is 2.35. The molecule has 6 nitrogen and oxygen atoms in total. The fraction of sp³-hybridized carbons (Fsp3) is 0.565. The normalized spacial score (nSPS) is 18.8. The summed E-state index contributed by atoms with van der Waals surface area (Å²) in [5, 5.41) is 9.39. The topological polar surface area (TPSA) is 70.1 Å². The summed E-state index contributed by atoms with van der Waals surface area (Å²) in [4.78, 5) is 30.0. The van der Waals surface area contributed by atoms with Crippen molar-refractivity contribution in [2.24, 2.45) is 0 Å². The number of carbonyl (C=O) groups excluding carboxylic acids is 2. The minimum Gasteiger partial charge on any atom is -0.494 e. The van der Waals surface area contributed by atoms with Gasteiger partial charge in [0, 0.05) is 19.6 Å². The molecule has 1 N–H and O–H groups in total. The molecule has 0 radical (unpaired) electrons. The molecule has 1 aliphatic heterocycles. The van der Waals surface area contributed by atoms with Gasteiger partial charge >= 0.3 is 0 Å². The maximum absolute atomic E-state index is 13.5. The minimum atomic E-state index is -0.236. The number of benzene rings is 1. The van der Waals surface area contributed by atoms with Crippen LogP contribution in [0.5, 0.6) is 5.75 Å². The molecule has 29 heavy (non-hydrogen) atoms. The van der Waals surface area contributed by atoms with Gasteiger partial charge in [0.1, 0.15) is 11.4 Å². The van der Waals surface area contributed by atoms with Crippen LogP contribution in [-0.2, 0) is 9.59 Å². The number of likely N-dealkylation sites (N-methyl/N-ethyl adjacent to an activating group) is 1. The van der Waals surface area contributed by atoms with Gasteiger partial charge in [0.25, 0.3) is 11.8 Å². The smallest absolute Gasteiger partial charge is 0.278 e. The van der Waals surface area contributed by atoms with Crippen molar-refractivity contribution < 1.29 is 19.4 Å². The van der Waals surface area contributed by atoms with Gasteiger partial charge in [-0.3, -0.25) is 14.5 Å². The molecule has 1 aromatic carbocycles. The zero-order chi connectivity index (χ0) is 20.8. The fourth-order valence-corrected chi connectivity index (χ4v) is 4.32. The molecular weight excluding hydrogens is 368 g/mol. The molecule has 0 bridgehead atoms. The van der Waals surface area contributed by atoms with Gasteiger partial charge in [-0.05, 0) is 37.5 Å².